The molecule has 0 spiro atoms. The SMILES string of the molecule is CNC(=O)C1COCCN1c1ccc([C@H](C)O)nc1. The smallest absolute Gasteiger partial charge is 0.244 e. The number of amides is 1. The molecule has 6 nitrogen and oxygen atoms in total. The standard InChI is InChI=1S/C13H19N3O3/c1-9(17)11-4-3-10(7-15-11)16-5-6-19-8-12(16)13(18)14-2/h3-4,7,9,12,17H,5-6,8H2,1-2H3,(H,14,18)/t9-,12?/m0/s1. The van der Waals surface area contributed by atoms with E-state index in [1.54, 1.807) is 26.2 Å². The van der Waals surface area contributed by atoms with Gasteiger partial charge in [-0.05, 0) is 19.1 Å². The van der Waals surface area contributed by atoms with E-state index in [1.165, 1.54) is 0 Å². The number of carbonyl (C=O) groups excluding carboxylic acids is 1. The normalized spacial score (nSPS) is 21.0. The molecule has 1 unspecified atom stereocenters. The van der Waals surface area contributed by atoms with Crippen molar-refractivity contribution in [3.8, 4) is 0 Å². The fraction of sp³-hybridized carbons (Fsp3) is 0.538. The van der Waals surface area contributed by atoms with Crippen molar-refractivity contribution in [2.24, 2.45) is 0 Å². The van der Waals surface area contributed by atoms with Gasteiger partial charge in [0.25, 0.3) is 0 Å². The summed E-state index contributed by atoms with van der Waals surface area (Å²) in [5.41, 5.74) is 1.48. The van der Waals surface area contributed by atoms with Gasteiger partial charge >= 0.3 is 0 Å². The van der Waals surface area contributed by atoms with E-state index < -0.39 is 6.10 Å². The molecule has 0 aliphatic carbocycles. The van der Waals surface area contributed by atoms with E-state index in [0.717, 1.165) is 5.69 Å². The molecule has 6 heteroatoms. The maximum atomic E-state index is 11.8. The second-order valence-corrected chi connectivity index (χ2v) is 4.52. The van der Waals surface area contributed by atoms with Gasteiger partial charge in [-0.25, -0.2) is 0 Å². The van der Waals surface area contributed by atoms with Crippen molar-refractivity contribution in [3.63, 3.8) is 0 Å². The van der Waals surface area contributed by atoms with Crippen molar-refractivity contribution >= 4 is 11.6 Å². The first-order valence-electron chi connectivity index (χ1n) is 6.33. The number of nitrogens with one attached hydrogen (secondary N) is 1. The van der Waals surface area contributed by atoms with Crippen molar-refractivity contribution in [1.82, 2.24) is 10.3 Å². The number of hydrogen-bond donors (Lipinski definition) is 2. The minimum absolute atomic E-state index is 0.0701. The summed E-state index contributed by atoms with van der Waals surface area (Å²) in [6.07, 6.45) is 1.09. The van der Waals surface area contributed by atoms with Gasteiger partial charge in [0.15, 0.2) is 0 Å². The van der Waals surface area contributed by atoms with Crippen molar-refractivity contribution in [3.05, 3.63) is 24.0 Å². The number of anilines is 1. The minimum atomic E-state index is -0.589. The van der Waals surface area contributed by atoms with Crippen molar-refractivity contribution in [1.29, 1.82) is 0 Å². The van der Waals surface area contributed by atoms with Crippen LogP contribution in [0.3, 0.4) is 0 Å². The van der Waals surface area contributed by atoms with Crippen LogP contribution < -0.4 is 10.2 Å². The van der Waals surface area contributed by atoms with Crippen LogP contribution in [0.15, 0.2) is 18.3 Å². The Labute approximate surface area is 112 Å². The minimum Gasteiger partial charge on any atom is -0.387 e. The molecule has 0 bridgehead atoms. The molecule has 104 valence electrons. The number of morpholine rings is 1. The fourth-order valence-corrected chi connectivity index (χ4v) is 2.11. The van der Waals surface area contributed by atoms with E-state index in [0.29, 0.717) is 25.5 Å². The number of aliphatic hydroxyl groups is 1. The van der Waals surface area contributed by atoms with E-state index in [2.05, 4.69) is 10.3 Å². The van der Waals surface area contributed by atoms with Gasteiger partial charge in [0.2, 0.25) is 5.91 Å². The largest absolute Gasteiger partial charge is 0.387 e. The van der Waals surface area contributed by atoms with Gasteiger partial charge in [0.1, 0.15) is 6.04 Å². The lowest BCUT2D eigenvalue weighted by Gasteiger charge is -2.35. The molecule has 1 fully saturated rings. The Hall–Kier alpha value is -1.66. The predicted molar refractivity (Wildman–Crippen MR) is 70.9 cm³/mol. The molecular formula is C13H19N3O3. The van der Waals surface area contributed by atoms with Gasteiger partial charge in [0, 0.05) is 13.6 Å². The Kier molecular flexibility index (Phi) is 4.34. The zero-order valence-corrected chi connectivity index (χ0v) is 11.2. The fourth-order valence-electron chi connectivity index (χ4n) is 2.11. The van der Waals surface area contributed by atoms with Crippen LogP contribution in [0.25, 0.3) is 0 Å². The van der Waals surface area contributed by atoms with Gasteiger partial charge in [-0.1, -0.05) is 0 Å². The summed E-state index contributed by atoms with van der Waals surface area (Å²) in [6.45, 7) is 3.28. The maximum absolute atomic E-state index is 11.8. The Morgan fingerprint density at radius 1 is 1.63 bits per heavy atom. The van der Waals surface area contributed by atoms with Crippen LogP contribution in [-0.4, -0.2) is 48.8 Å². The van der Waals surface area contributed by atoms with Crippen molar-refractivity contribution in [2.75, 3.05) is 31.7 Å². The Bertz CT molecular complexity index is 433. The highest BCUT2D eigenvalue weighted by molar-refractivity contribution is 5.85. The van der Waals surface area contributed by atoms with Gasteiger partial charge in [0.05, 0.1) is 36.9 Å². The average molecular weight is 265 g/mol. The van der Waals surface area contributed by atoms with E-state index in [4.69, 9.17) is 4.74 Å². The van der Waals surface area contributed by atoms with Crippen LogP contribution >= 0.6 is 0 Å². The van der Waals surface area contributed by atoms with Crippen LogP contribution in [0.5, 0.6) is 0 Å². The first-order chi connectivity index (χ1) is 9.13. The monoisotopic (exact) mass is 265 g/mol. The zero-order valence-electron chi connectivity index (χ0n) is 11.2. The molecule has 1 amide bonds. The highest BCUT2D eigenvalue weighted by Crippen LogP contribution is 2.20. The van der Waals surface area contributed by atoms with Gasteiger partial charge in [-0.3, -0.25) is 9.78 Å². The molecular weight excluding hydrogens is 246 g/mol. The number of aliphatic hydroxyl groups excluding tert-OH is 1. The number of pyridine rings is 1. The van der Waals surface area contributed by atoms with Crippen LogP contribution in [0, 0.1) is 0 Å². The molecule has 2 rings (SSSR count). The molecule has 2 heterocycles. The van der Waals surface area contributed by atoms with E-state index in [9.17, 15) is 9.90 Å². The topological polar surface area (TPSA) is 74.7 Å². The van der Waals surface area contributed by atoms with Crippen LogP contribution in [0.2, 0.25) is 0 Å². The lowest BCUT2D eigenvalue weighted by atomic mass is 10.1. The Morgan fingerprint density at radius 2 is 2.42 bits per heavy atom. The molecule has 19 heavy (non-hydrogen) atoms. The second-order valence-electron chi connectivity index (χ2n) is 4.52. The maximum Gasteiger partial charge on any atom is 0.244 e. The van der Waals surface area contributed by atoms with Gasteiger partial charge in [-0.2, -0.15) is 0 Å². The highest BCUT2D eigenvalue weighted by atomic mass is 16.5. The first kappa shape index (κ1) is 13.8. The first-order valence-corrected chi connectivity index (χ1v) is 6.33. The lowest BCUT2D eigenvalue weighted by molar-refractivity contribution is -0.124. The third kappa shape index (κ3) is 3.02. The number of ether oxygens (including phenoxy) is 1. The summed E-state index contributed by atoms with van der Waals surface area (Å²) in [7, 11) is 1.61. The number of rotatable bonds is 3. The van der Waals surface area contributed by atoms with Crippen LogP contribution in [-0.2, 0) is 9.53 Å². The molecule has 1 aliphatic rings. The number of carbonyl (C=O) groups is 1. The van der Waals surface area contributed by atoms with Crippen molar-refractivity contribution < 1.29 is 14.6 Å². The quantitative estimate of drug-likeness (QED) is 0.810. The summed E-state index contributed by atoms with van der Waals surface area (Å²) in [6, 6.07) is 3.31. The van der Waals surface area contributed by atoms with Crippen LogP contribution in [0.1, 0.15) is 18.7 Å². The van der Waals surface area contributed by atoms with Crippen LogP contribution in [0.4, 0.5) is 5.69 Å². The molecule has 0 radical (unpaired) electrons. The summed E-state index contributed by atoms with van der Waals surface area (Å²) in [4.78, 5) is 18.0. The highest BCUT2D eigenvalue weighted by Gasteiger charge is 2.29. The number of likely N-dealkylation sites (N-methyl/N-ethyl adjacent to an activating group) is 1. The summed E-state index contributed by atoms with van der Waals surface area (Å²) >= 11 is 0. The number of hydrogen-bond acceptors (Lipinski definition) is 5. The van der Waals surface area contributed by atoms with E-state index in [-0.39, 0.29) is 11.9 Å². The zero-order chi connectivity index (χ0) is 13.8. The van der Waals surface area contributed by atoms with Crippen molar-refractivity contribution in [2.45, 2.75) is 19.1 Å². The van der Waals surface area contributed by atoms with Gasteiger partial charge in [-0.15, -0.1) is 0 Å². The number of nitrogens with zero attached hydrogens (tertiary/aromatic N) is 2. The third-order valence-corrected chi connectivity index (χ3v) is 3.21. The molecule has 1 aromatic rings. The van der Waals surface area contributed by atoms with E-state index in [1.807, 2.05) is 11.0 Å². The molecule has 1 aliphatic heterocycles. The molecule has 2 atom stereocenters. The molecule has 2 N–H and O–H groups in total. The molecule has 0 aromatic carbocycles. The predicted octanol–water partition coefficient (Wildman–Crippen LogP) is 0.0861. The molecule has 1 aromatic heterocycles. The van der Waals surface area contributed by atoms with Gasteiger partial charge < -0.3 is 20.1 Å². The Balaban J connectivity index is 2.19. The summed E-state index contributed by atoms with van der Waals surface area (Å²) < 4.78 is 5.36. The lowest BCUT2D eigenvalue weighted by Crippen LogP contribution is -2.53. The third-order valence-electron chi connectivity index (χ3n) is 3.21. The molecule has 1 saturated heterocycles. The summed E-state index contributed by atoms with van der Waals surface area (Å²) in [5, 5.41) is 12.1. The summed E-state index contributed by atoms with van der Waals surface area (Å²) in [5.74, 6) is -0.0701. The number of aromatic nitrogens is 1. The van der Waals surface area contributed by atoms with E-state index >= 15 is 0 Å². The molecule has 0 saturated carbocycles. The average Bonchev–Trinajstić information content (AvgIpc) is 2.46. The Morgan fingerprint density at radius 3 is 3.00 bits per heavy atom. The second kappa shape index (κ2) is 5.99.